The third-order valence-electron chi connectivity index (χ3n) is 3.32. The van der Waals surface area contributed by atoms with E-state index in [0.717, 1.165) is 4.88 Å². The molecule has 9 heteroatoms. The van der Waals surface area contributed by atoms with Crippen LogP contribution in [0.3, 0.4) is 0 Å². The Labute approximate surface area is 148 Å². The number of esters is 1. The Morgan fingerprint density at radius 3 is 2.83 bits per heavy atom. The summed E-state index contributed by atoms with van der Waals surface area (Å²) in [6, 6.07) is 1.82. The lowest BCUT2D eigenvalue weighted by Crippen LogP contribution is -2.32. The van der Waals surface area contributed by atoms with Crippen molar-refractivity contribution in [1.29, 1.82) is 0 Å². The zero-order valence-electron chi connectivity index (χ0n) is 13.6. The molecule has 0 spiro atoms. The second-order valence-corrected chi connectivity index (χ2v) is 6.02. The van der Waals surface area contributed by atoms with Gasteiger partial charge >= 0.3 is 5.97 Å². The van der Waals surface area contributed by atoms with Crippen LogP contribution in [0.1, 0.15) is 22.3 Å². The number of methoxy groups -OCH3 is 1. The number of carbonyl (C=O) groups excluding carboxylic acids is 2. The van der Waals surface area contributed by atoms with Crippen LogP contribution >= 0.6 is 22.9 Å². The quantitative estimate of drug-likeness (QED) is 0.552. The fourth-order valence-electron chi connectivity index (χ4n) is 2.21. The number of carbonyl (C=O) groups is 2. The summed E-state index contributed by atoms with van der Waals surface area (Å²) in [6.07, 6.45) is 1.46. The van der Waals surface area contributed by atoms with E-state index in [9.17, 15) is 9.59 Å². The third-order valence-corrected chi connectivity index (χ3v) is 4.44. The monoisotopic (exact) mass is 371 g/mol. The predicted molar refractivity (Wildman–Crippen MR) is 91.9 cm³/mol. The Morgan fingerprint density at radius 1 is 1.46 bits per heavy atom. The summed E-state index contributed by atoms with van der Waals surface area (Å²) in [6.45, 7) is 2.17. The Kier molecular flexibility index (Phi) is 6.22. The van der Waals surface area contributed by atoms with Gasteiger partial charge in [0.15, 0.2) is 5.69 Å². The summed E-state index contributed by atoms with van der Waals surface area (Å²) >= 11 is 7.20. The van der Waals surface area contributed by atoms with Crippen LogP contribution in [0.4, 0.5) is 5.69 Å². The average Bonchev–Trinajstić information content (AvgIpc) is 3.18. The van der Waals surface area contributed by atoms with Gasteiger partial charge in [-0.05, 0) is 18.4 Å². The average molecular weight is 372 g/mol. The van der Waals surface area contributed by atoms with Crippen LogP contribution in [-0.4, -0.2) is 41.3 Å². The van der Waals surface area contributed by atoms with Crippen LogP contribution in [0.2, 0.25) is 0 Å². The van der Waals surface area contributed by atoms with Crippen LogP contribution in [0, 0.1) is 0 Å². The first kappa shape index (κ1) is 18.3. The molecule has 0 aliphatic carbocycles. The van der Waals surface area contributed by atoms with Gasteiger partial charge in [0.2, 0.25) is 5.91 Å². The number of amides is 1. The first-order chi connectivity index (χ1) is 11.5. The number of ether oxygens (including phenoxy) is 2. The molecular weight excluding hydrogens is 354 g/mol. The molecule has 2 aromatic heterocycles. The molecule has 1 amide bonds. The van der Waals surface area contributed by atoms with Crippen LogP contribution in [0.25, 0.3) is 0 Å². The summed E-state index contributed by atoms with van der Waals surface area (Å²) in [5, 5.41) is 5.95. The predicted octanol–water partition coefficient (Wildman–Crippen LogP) is 2.44. The van der Waals surface area contributed by atoms with Gasteiger partial charge in [-0.1, -0.05) is 0 Å². The molecule has 0 saturated carbocycles. The van der Waals surface area contributed by atoms with Gasteiger partial charge in [-0.3, -0.25) is 9.48 Å². The minimum absolute atomic E-state index is 0.200. The molecule has 130 valence electrons. The molecule has 2 aromatic rings. The molecule has 0 unspecified atom stereocenters. The van der Waals surface area contributed by atoms with Crippen molar-refractivity contribution in [2.45, 2.75) is 13.5 Å². The molecule has 0 aliphatic heterocycles. The number of hydrogen-bond donors (Lipinski definition) is 0. The van der Waals surface area contributed by atoms with Gasteiger partial charge in [-0.2, -0.15) is 5.10 Å². The van der Waals surface area contributed by atoms with E-state index < -0.39 is 5.97 Å². The van der Waals surface area contributed by atoms with E-state index in [1.807, 2.05) is 11.4 Å². The standard InChI is InChI=1S/C15H18ClN3O4S/c1-4-23-15(21)14-10(8-17-18(14)2)19(13(20)7-16)9-12-11(22-3)5-6-24-12/h5-6,8H,4,7,9H2,1-3H3. The van der Waals surface area contributed by atoms with E-state index in [1.165, 1.54) is 27.1 Å². The van der Waals surface area contributed by atoms with Gasteiger partial charge in [0.05, 0.1) is 37.0 Å². The van der Waals surface area contributed by atoms with E-state index in [4.69, 9.17) is 21.1 Å². The first-order valence-corrected chi connectivity index (χ1v) is 8.60. The maximum Gasteiger partial charge on any atom is 0.358 e. The van der Waals surface area contributed by atoms with Crippen LogP contribution in [0.15, 0.2) is 17.6 Å². The Morgan fingerprint density at radius 2 is 2.21 bits per heavy atom. The lowest BCUT2D eigenvalue weighted by atomic mass is 10.3. The summed E-state index contributed by atoms with van der Waals surface area (Å²) in [4.78, 5) is 26.8. The molecule has 24 heavy (non-hydrogen) atoms. The minimum Gasteiger partial charge on any atom is -0.496 e. The lowest BCUT2D eigenvalue weighted by molar-refractivity contribution is -0.116. The van der Waals surface area contributed by atoms with E-state index in [1.54, 1.807) is 21.1 Å². The fraction of sp³-hybridized carbons (Fsp3) is 0.400. The molecular formula is C15H18ClN3O4S. The van der Waals surface area contributed by atoms with Crippen molar-refractivity contribution in [2.24, 2.45) is 7.05 Å². The van der Waals surface area contributed by atoms with Crippen molar-refractivity contribution in [1.82, 2.24) is 9.78 Å². The van der Waals surface area contributed by atoms with Gasteiger partial charge in [-0.25, -0.2) is 4.79 Å². The fourth-order valence-corrected chi connectivity index (χ4v) is 3.18. The minimum atomic E-state index is -0.544. The van der Waals surface area contributed by atoms with Crippen molar-refractivity contribution in [3.8, 4) is 5.75 Å². The van der Waals surface area contributed by atoms with Crippen molar-refractivity contribution >= 4 is 40.5 Å². The largest absolute Gasteiger partial charge is 0.496 e. The highest BCUT2D eigenvalue weighted by Crippen LogP contribution is 2.30. The molecule has 0 aliphatic rings. The SMILES string of the molecule is CCOC(=O)c1c(N(Cc2sccc2OC)C(=O)CCl)cnn1C. The van der Waals surface area contributed by atoms with Gasteiger partial charge in [0.25, 0.3) is 0 Å². The molecule has 0 atom stereocenters. The number of nitrogens with zero attached hydrogens (tertiary/aromatic N) is 3. The molecule has 0 N–H and O–H groups in total. The number of rotatable bonds is 7. The van der Waals surface area contributed by atoms with Crippen molar-refractivity contribution in [3.05, 3.63) is 28.2 Å². The number of hydrogen-bond acceptors (Lipinski definition) is 6. The zero-order chi connectivity index (χ0) is 17.7. The Bertz CT molecular complexity index is 728. The zero-order valence-corrected chi connectivity index (χ0v) is 15.2. The second kappa shape index (κ2) is 8.16. The first-order valence-electron chi connectivity index (χ1n) is 7.19. The number of thiophene rings is 1. The lowest BCUT2D eigenvalue weighted by Gasteiger charge is -2.21. The van der Waals surface area contributed by atoms with Crippen molar-refractivity contribution in [2.75, 3.05) is 24.5 Å². The number of aromatic nitrogens is 2. The van der Waals surface area contributed by atoms with E-state index >= 15 is 0 Å². The van der Waals surface area contributed by atoms with Crippen molar-refractivity contribution in [3.63, 3.8) is 0 Å². The van der Waals surface area contributed by atoms with Gasteiger partial charge < -0.3 is 14.4 Å². The second-order valence-electron chi connectivity index (χ2n) is 4.75. The normalized spacial score (nSPS) is 10.5. The highest BCUT2D eigenvalue weighted by molar-refractivity contribution is 7.10. The third kappa shape index (κ3) is 3.70. The molecule has 0 aromatic carbocycles. The van der Waals surface area contributed by atoms with Gasteiger partial charge in [-0.15, -0.1) is 22.9 Å². The molecule has 0 radical (unpaired) electrons. The molecule has 7 nitrogen and oxygen atoms in total. The highest BCUT2D eigenvalue weighted by atomic mass is 35.5. The summed E-state index contributed by atoms with van der Waals surface area (Å²) in [5.41, 5.74) is 0.558. The summed E-state index contributed by atoms with van der Waals surface area (Å²) in [7, 11) is 3.18. The Hall–Kier alpha value is -2.06. The molecule has 2 heterocycles. The maximum atomic E-state index is 12.3. The van der Waals surface area contributed by atoms with E-state index in [0.29, 0.717) is 11.4 Å². The number of halogens is 1. The van der Waals surface area contributed by atoms with E-state index in [-0.39, 0.29) is 30.6 Å². The molecule has 2 rings (SSSR count). The maximum absolute atomic E-state index is 12.3. The molecule has 0 fully saturated rings. The topological polar surface area (TPSA) is 73.7 Å². The smallest absolute Gasteiger partial charge is 0.358 e. The van der Waals surface area contributed by atoms with Gasteiger partial charge in [0.1, 0.15) is 11.6 Å². The number of anilines is 1. The van der Waals surface area contributed by atoms with Crippen LogP contribution in [-0.2, 0) is 23.1 Å². The molecule has 0 bridgehead atoms. The van der Waals surface area contributed by atoms with Crippen LogP contribution < -0.4 is 9.64 Å². The number of alkyl halides is 1. The van der Waals surface area contributed by atoms with Gasteiger partial charge in [0, 0.05) is 7.05 Å². The number of aryl methyl sites for hydroxylation is 1. The Balaban J connectivity index is 2.42. The summed E-state index contributed by atoms with van der Waals surface area (Å²) < 4.78 is 11.7. The molecule has 0 saturated heterocycles. The van der Waals surface area contributed by atoms with E-state index in [2.05, 4.69) is 5.10 Å². The summed E-state index contributed by atoms with van der Waals surface area (Å²) in [5.74, 6) is -0.428. The van der Waals surface area contributed by atoms with Crippen LogP contribution in [0.5, 0.6) is 5.75 Å². The highest BCUT2D eigenvalue weighted by Gasteiger charge is 2.27. The van der Waals surface area contributed by atoms with Crippen molar-refractivity contribution < 1.29 is 19.1 Å².